The largest absolute Gasteiger partial charge is 0.497 e. The number of hydrogen-bond donors (Lipinski definition) is 4. The summed E-state index contributed by atoms with van der Waals surface area (Å²) in [6, 6.07) is 7.36. The van der Waals surface area contributed by atoms with Crippen LogP contribution in [0, 0.1) is 0 Å². The third kappa shape index (κ3) is 4.47. The van der Waals surface area contributed by atoms with Crippen molar-refractivity contribution in [2.75, 3.05) is 19.0 Å². The van der Waals surface area contributed by atoms with Gasteiger partial charge in [0.1, 0.15) is 23.0 Å². The highest BCUT2D eigenvalue weighted by Crippen LogP contribution is 2.20. The summed E-state index contributed by atoms with van der Waals surface area (Å²) in [5.74, 6) is 0.764. The van der Waals surface area contributed by atoms with Gasteiger partial charge in [0.05, 0.1) is 19.8 Å². The molecule has 26 heavy (non-hydrogen) atoms. The van der Waals surface area contributed by atoms with Crippen LogP contribution in [0.15, 0.2) is 24.3 Å². The van der Waals surface area contributed by atoms with Crippen LogP contribution in [0.25, 0.3) is 0 Å². The van der Waals surface area contributed by atoms with Crippen molar-refractivity contribution < 1.29 is 24.5 Å². The number of methoxy groups -OCH3 is 1. The molecule has 140 valence electrons. The first-order valence-corrected chi connectivity index (χ1v) is 8.86. The summed E-state index contributed by atoms with van der Waals surface area (Å²) in [6.45, 7) is 0.0931. The Balaban J connectivity index is 1.59. The molecule has 2 heterocycles. The van der Waals surface area contributed by atoms with Crippen LogP contribution in [-0.4, -0.2) is 58.4 Å². The highest BCUT2D eigenvalue weighted by atomic mass is 32.1. The number of hydrogen-bond acceptors (Lipinski definition) is 9. The first kappa shape index (κ1) is 18.5. The minimum Gasteiger partial charge on any atom is -0.497 e. The molecule has 1 fully saturated rings. The first-order chi connectivity index (χ1) is 12.6. The molecule has 1 aromatic heterocycles. The molecule has 3 rings (SSSR count). The van der Waals surface area contributed by atoms with E-state index in [1.54, 1.807) is 7.11 Å². The van der Waals surface area contributed by atoms with Gasteiger partial charge in [0.25, 0.3) is 0 Å². The lowest BCUT2D eigenvalue weighted by molar-refractivity contribution is 0.0254. The number of carbonyl (C=O) groups excluding carboxylic acids is 1. The number of rotatable bonds is 6. The number of anilines is 1. The van der Waals surface area contributed by atoms with E-state index in [1.807, 2.05) is 24.3 Å². The van der Waals surface area contributed by atoms with Gasteiger partial charge in [-0.3, -0.25) is 5.32 Å². The van der Waals surface area contributed by atoms with Crippen LogP contribution >= 0.6 is 11.3 Å². The number of amides is 1. The highest BCUT2D eigenvalue weighted by Gasteiger charge is 2.38. The Kier molecular flexibility index (Phi) is 5.99. The zero-order valence-electron chi connectivity index (χ0n) is 14.1. The minimum absolute atomic E-state index is 0.216. The average molecular weight is 380 g/mol. The molecule has 0 unspecified atom stereocenters. The summed E-state index contributed by atoms with van der Waals surface area (Å²) in [5, 5.41) is 32.8. The second-order valence-electron chi connectivity index (χ2n) is 5.79. The SMILES string of the molecule is COc1ccc(C[C@H]2NC[C@H](O)[C@H]2OC(=O)Nc2nnc(CO)s2)cc1. The molecular weight excluding hydrogens is 360 g/mol. The molecule has 1 amide bonds. The Bertz CT molecular complexity index is 738. The maximum atomic E-state index is 12.1. The molecule has 2 aromatic rings. The molecule has 9 nitrogen and oxygen atoms in total. The summed E-state index contributed by atoms with van der Waals surface area (Å²) in [5.41, 5.74) is 1.03. The van der Waals surface area contributed by atoms with Gasteiger partial charge in [-0.1, -0.05) is 23.5 Å². The van der Waals surface area contributed by atoms with Crippen molar-refractivity contribution in [3.05, 3.63) is 34.8 Å². The molecule has 3 atom stereocenters. The quantitative estimate of drug-likeness (QED) is 0.572. The van der Waals surface area contributed by atoms with Gasteiger partial charge < -0.3 is 25.0 Å². The number of β-amino-alcohol motifs (C(OH)–C–C–N with tert-alkyl or cyclic N) is 1. The van der Waals surface area contributed by atoms with E-state index < -0.39 is 18.3 Å². The predicted octanol–water partition coefficient (Wildman–Crippen LogP) is 0.531. The number of benzene rings is 1. The fraction of sp³-hybridized carbons (Fsp3) is 0.438. The van der Waals surface area contributed by atoms with Gasteiger partial charge in [0, 0.05) is 6.54 Å². The van der Waals surface area contributed by atoms with Crippen LogP contribution in [0.4, 0.5) is 9.93 Å². The number of ether oxygens (including phenoxy) is 2. The molecule has 0 spiro atoms. The van der Waals surface area contributed by atoms with Crippen molar-refractivity contribution >= 4 is 22.6 Å². The molecule has 0 aliphatic carbocycles. The first-order valence-electron chi connectivity index (χ1n) is 8.04. The Morgan fingerprint density at radius 2 is 2.15 bits per heavy atom. The van der Waals surface area contributed by atoms with E-state index >= 15 is 0 Å². The van der Waals surface area contributed by atoms with Crippen LogP contribution < -0.4 is 15.4 Å². The number of aromatic nitrogens is 2. The third-order valence-electron chi connectivity index (χ3n) is 4.03. The second kappa shape index (κ2) is 8.41. The number of aliphatic hydroxyl groups is 2. The lowest BCUT2D eigenvalue weighted by Gasteiger charge is -2.22. The lowest BCUT2D eigenvalue weighted by atomic mass is 10.0. The van der Waals surface area contributed by atoms with Gasteiger partial charge in [-0.15, -0.1) is 10.2 Å². The van der Waals surface area contributed by atoms with Crippen LogP contribution in [-0.2, 0) is 17.8 Å². The molecule has 1 saturated heterocycles. The minimum atomic E-state index is -0.800. The van der Waals surface area contributed by atoms with Crippen LogP contribution in [0.1, 0.15) is 10.6 Å². The van der Waals surface area contributed by atoms with Crippen molar-refractivity contribution in [2.45, 2.75) is 31.3 Å². The van der Waals surface area contributed by atoms with Crippen LogP contribution in [0.5, 0.6) is 5.75 Å². The molecule has 0 bridgehead atoms. The molecular formula is C16H20N4O5S. The summed E-state index contributed by atoms with van der Waals surface area (Å²) >= 11 is 1.05. The van der Waals surface area contributed by atoms with Crippen molar-refractivity contribution in [1.29, 1.82) is 0 Å². The predicted molar refractivity (Wildman–Crippen MR) is 94.2 cm³/mol. The van der Waals surface area contributed by atoms with E-state index in [0.717, 1.165) is 22.6 Å². The Hall–Kier alpha value is -2.27. The second-order valence-corrected chi connectivity index (χ2v) is 6.85. The summed E-state index contributed by atoms with van der Waals surface area (Å²) in [7, 11) is 1.61. The van der Waals surface area contributed by atoms with E-state index in [0.29, 0.717) is 18.0 Å². The zero-order chi connectivity index (χ0) is 18.5. The standard InChI is InChI=1S/C16H20N4O5S/c1-24-10-4-2-9(3-5-10)6-11-14(12(22)7-17-11)25-16(23)18-15-20-19-13(8-21)26-15/h2-5,11-12,14,17,21-22H,6-8H2,1H3,(H,18,20,23)/t11-,12+,14+/m1/s1. The maximum Gasteiger partial charge on any atom is 0.413 e. The van der Waals surface area contributed by atoms with Crippen molar-refractivity contribution in [2.24, 2.45) is 0 Å². The summed E-state index contributed by atoms with van der Waals surface area (Å²) in [6.07, 6.45) is -1.63. The molecule has 10 heteroatoms. The third-order valence-corrected chi connectivity index (χ3v) is 4.86. The van der Waals surface area contributed by atoms with Crippen molar-refractivity contribution in [1.82, 2.24) is 15.5 Å². The van der Waals surface area contributed by atoms with Crippen LogP contribution in [0.2, 0.25) is 0 Å². The Morgan fingerprint density at radius 1 is 1.38 bits per heavy atom. The highest BCUT2D eigenvalue weighted by molar-refractivity contribution is 7.15. The molecule has 0 saturated carbocycles. The number of carbonyl (C=O) groups is 1. The summed E-state index contributed by atoms with van der Waals surface area (Å²) in [4.78, 5) is 12.1. The van der Waals surface area contributed by atoms with Gasteiger partial charge in [0.15, 0.2) is 0 Å². The number of nitrogens with zero attached hydrogens (tertiary/aromatic N) is 2. The average Bonchev–Trinajstić information content (AvgIpc) is 3.23. The monoisotopic (exact) mass is 380 g/mol. The van der Waals surface area contributed by atoms with Crippen molar-refractivity contribution in [3.63, 3.8) is 0 Å². The van der Waals surface area contributed by atoms with Gasteiger partial charge >= 0.3 is 6.09 Å². The lowest BCUT2D eigenvalue weighted by Crippen LogP contribution is -2.39. The molecule has 1 aliphatic rings. The van der Waals surface area contributed by atoms with E-state index in [9.17, 15) is 9.90 Å². The van der Waals surface area contributed by atoms with E-state index in [4.69, 9.17) is 14.6 Å². The van der Waals surface area contributed by atoms with Crippen LogP contribution in [0.3, 0.4) is 0 Å². The fourth-order valence-corrected chi connectivity index (χ4v) is 3.33. The normalized spacial score (nSPS) is 22.2. The molecule has 1 aromatic carbocycles. The molecule has 1 aliphatic heterocycles. The number of nitrogens with one attached hydrogen (secondary N) is 2. The Morgan fingerprint density at radius 3 is 2.81 bits per heavy atom. The smallest absolute Gasteiger partial charge is 0.413 e. The zero-order valence-corrected chi connectivity index (χ0v) is 14.9. The Labute approximate surface area is 154 Å². The van der Waals surface area contributed by atoms with Gasteiger partial charge in [-0.25, -0.2) is 4.79 Å². The van der Waals surface area contributed by atoms with Gasteiger partial charge in [-0.05, 0) is 24.1 Å². The summed E-state index contributed by atoms with van der Waals surface area (Å²) < 4.78 is 10.5. The van der Waals surface area contributed by atoms with E-state index in [1.165, 1.54) is 0 Å². The van der Waals surface area contributed by atoms with Crippen molar-refractivity contribution in [3.8, 4) is 5.75 Å². The maximum absolute atomic E-state index is 12.1. The van der Waals surface area contributed by atoms with E-state index in [-0.39, 0.29) is 17.8 Å². The van der Waals surface area contributed by atoms with Gasteiger partial charge in [0.2, 0.25) is 5.13 Å². The van der Waals surface area contributed by atoms with E-state index in [2.05, 4.69) is 20.8 Å². The van der Waals surface area contributed by atoms with Gasteiger partial charge in [-0.2, -0.15) is 0 Å². The topological polar surface area (TPSA) is 126 Å². The molecule has 4 N–H and O–H groups in total. The fourth-order valence-electron chi connectivity index (χ4n) is 2.75. The number of aliphatic hydroxyl groups excluding tert-OH is 2. The molecule has 0 radical (unpaired) electrons.